The van der Waals surface area contributed by atoms with E-state index in [0.717, 1.165) is 13.8 Å². The van der Waals surface area contributed by atoms with Crippen LogP contribution in [0.4, 0.5) is 0 Å². The molecule has 0 aromatic rings. The molecule has 0 aliphatic carbocycles. The monoisotopic (exact) mass is 1140 g/mol. The van der Waals surface area contributed by atoms with Crippen LogP contribution in [0.5, 0.6) is 0 Å². The summed E-state index contributed by atoms with van der Waals surface area (Å²) in [5.41, 5.74) is 0. The second-order valence-corrected chi connectivity index (χ2v) is 19.7. The number of carbonyl (C=O) groups excluding carboxylic acids is 2. The van der Waals surface area contributed by atoms with Crippen molar-refractivity contribution < 1.29 is 164 Å². The van der Waals surface area contributed by atoms with E-state index >= 15 is 0 Å². The van der Waals surface area contributed by atoms with Crippen LogP contribution < -0.4 is 10.6 Å². The quantitative estimate of drug-likeness (QED) is 0.0538. The molecule has 0 aromatic heterocycles. The number of aliphatic hydroxyl groups excluding tert-OH is 18. The van der Waals surface area contributed by atoms with Crippen molar-refractivity contribution in [1.29, 1.82) is 0 Å². The van der Waals surface area contributed by atoms with Gasteiger partial charge in [-0.3, -0.25) is 9.59 Å². The van der Waals surface area contributed by atoms with Crippen LogP contribution in [-0.4, -0.2) is 338 Å². The smallest absolute Gasteiger partial charge is 0.364 e. The van der Waals surface area contributed by atoms with Crippen LogP contribution >= 0.6 is 0 Å². The zero-order chi connectivity index (χ0) is 58.0. The lowest BCUT2D eigenvalue weighted by molar-refractivity contribution is -0.392. The maximum Gasteiger partial charge on any atom is 0.364 e. The molecule has 0 saturated carbocycles. The average Bonchev–Trinajstić information content (AvgIpc) is 3.40. The van der Waals surface area contributed by atoms with Crippen LogP contribution in [0.3, 0.4) is 0 Å². The molecule has 31 atom stereocenters. The number of hydrogen-bond acceptors (Lipinski definition) is 32. The van der Waals surface area contributed by atoms with Gasteiger partial charge in [0, 0.05) is 20.3 Å². The number of carboxylic acid groups (broad SMARTS) is 1. The molecule has 452 valence electrons. The van der Waals surface area contributed by atoms with E-state index in [1.165, 1.54) is 6.92 Å². The average molecular weight is 1150 g/mol. The third-order valence-corrected chi connectivity index (χ3v) is 14.2. The number of rotatable bonds is 20. The lowest BCUT2D eigenvalue weighted by Gasteiger charge is -2.51. The highest BCUT2D eigenvalue weighted by atomic mass is 16.8. The van der Waals surface area contributed by atoms with Crippen LogP contribution in [0.25, 0.3) is 0 Å². The summed E-state index contributed by atoms with van der Waals surface area (Å²) in [6, 6.07) is -3.69. The molecular formula is C43H72N2O33. The standard InChI is InChI=1S/C43H72N2O33/c1-10-21(54)26(59)30(63)39(69-10)77-36-27(60)23(56)15(6-47)72-41(36)75-33-20(45-12(3)51)38(76-35-24(57)16(7-48)71-40(31(35)64)74-32-17(8-49)70-37(65)29(62)28(32)61)73-18(25(33)58)9-68-43(42(66)67)4-13(52)19(44-11(2)50)34(78-43)22(55)14(53)5-46/h10,13-41,46-49,52-65H,4-9H2,1-3H3,(H,44,50)(H,45,51)(H,66,67)/t10-,13-,14+,15+,16+,17+,18+,19+,20+,21+,22+,23-,24-,25+,26+,27-,28+,29+,30-,31+,32+,33+,34+,35-,36+,37+,38-,39-,40-,41-,43+/m0/s1. The predicted octanol–water partition coefficient (Wildman–Crippen LogP) is -13.6. The van der Waals surface area contributed by atoms with E-state index < -0.39 is 247 Å². The van der Waals surface area contributed by atoms with E-state index in [1.54, 1.807) is 0 Å². The molecule has 0 bridgehead atoms. The molecule has 6 aliphatic heterocycles. The number of nitrogens with one attached hydrogen (secondary N) is 2. The van der Waals surface area contributed by atoms with E-state index in [0.29, 0.717) is 0 Å². The third kappa shape index (κ3) is 13.7. The second kappa shape index (κ2) is 27.1. The zero-order valence-electron chi connectivity index (χ0n) is 41.8. The van der Waals surface area contributed by atoms with Gasteiger partial charge < -0.3 is 160 Å². The molecule has 21 N–H and O–H groups in total. The first-order valence-electron chi connectivity index (χ1n) is 24.6. The molecule has 6 aliphatic rings. The first kappa shape index (κ1) is 64.4. The van der Waals surface area contributed by atoms with Crippen molar-refractivity contribution in [1.82, 2.24) is 10.6 Å². The van der Waals surface area contributed by atoms with Crippen LogP contribution in [0.1, 0.15) is 27.2 Å². The molecule has 0 aromatic carbocycles. The first-order valence-corrected chi connectivity index (χ1v) is 24.6. The van der Waals surface area contributed by atoms with E-state index in [2.05, 4.69) is 10.6 Å². The van der Waals surface area contributed by atoms with Gasteiger partial charge in [-0.1, -0.05) is 0 Å². The van der Waals surface area contributed by atoms with Gasteiger partial charge in [0.2, 0.25) is 11.8 Å². The number of carbonyl (C=O) groups is 3. The Hall–Kier alpha value is -2.75. The molecule has 6 saturated heterocycles. The van der Waals surface area contributed by atoms with Crippen molar-refractivity contribution in [2.45, 2.75) is 217 Å². The Bertz CT molecular complexity index is 1950. The van der Waals surface area contributed by atoms with Gasteiger partial charge in [0.05, 0.1) is 51.3 Å². The normalized spacial score (nSPS) is 48.1. The summed E-state index contributed by atoms with van der Waals surface area (Å²) >= 11 is 0. The van der Waals surface area contributed by atoms with Crippen molar-refractivity contribution in [2.75, 3.05) is 33.0 Å². The Kier molecular flexibility index (Phi) is 22.4. The topological polar surface area (TPSA) is 561 Å². The van der Waals surface area contributed by atoms with Gasteiger partial charge in [-0.25, -0.2) is 4.79 Å². The molecule has 2 amide bonds. The molecule has 6 fully saturated rings. The van der Waals surface area contributed by atoms with Gasteiger partial charge in [0.15, 0.2) is 31.5 Å². The summed E-state index contributed by atoms with van der Waals surface area (Å²) in [7, 11) is 0. The van der Waals surface area contributed by atoms with Crippen LogP contribution in [0.2, 0.25) is 0 Å². The Morgan fingerprint density at radius 1 is 0.538 bits per heavy atom. The Labute approximate surface area is 441 Å². The molecular weight excluding hydrogens is 1070 g/mol. The summed E-state index contributed by atoms with van der Waals surface area (Å²) in [5.74, 6) is -7.01. The lowest BCUT2D eigenvalue weighted by Crippen LogP contribution is -2.71. The van der Waals surface area contributed by atoms with Crippen LogP contribution in [0.15, 0.2) is 0 Å². The number of amides is 2. The lowest BCUT2D eigenvalue weighted by atomic mass is 9.88. The third-order valence-electron chi connectivity index (χ3n) is 14.2. The molecule has 35 nitrogen and oxygen atoms in total. The van der Waals surface area contributed by atoms with Gasteiger partial charge in [0.25, 0.3) is 5.79 Å². The fourth-order valence-electron chi connectivity index (χ4n) is 9.83. The minimum absolute atomic E-state index is 0.835. The molecule has 0 unspecified atom stereocenters. The first-order chi connectivity index (χ1) is 36.6. The largest absolute Gasteiger partial charge is 0.477 e. The van der Waals surface area contributed by atoms with Crippen molar-refractivity contribution in [3.8, 4) is 0 Å². The van der Waals surface area contributed by atoms with Crippen molar-refractivity contribution in [3.63, 3.8) is 0 Å². The molecule has 0 spiro atoms. The zero-order valence-corrected chi connectivity index (χ0v) is 41.8. The number of ether oxygens (including phenoxy) is 11. The highest BCUT2D eigenvalue weighted by Gasteiger charge is 2.60. The number of hydrogen-bond donors (Lipinski definition) is 21. The summed E-state index contributed by atoms with van der Waals surface area (Å²) in [6.07, 6.45) is -57.9. The fraction of sp³-hybridized carbons (Fsp3) is 0.930. The van der Waals surface area contributed by atoms with E-state index in [-0.39, 0.29) is 0 Å². The predicted molar refractivity (Wildman–Crippen MR) is 238 cm³/mol. The SMILES string of the molecule is CC(=O)N[C@H]1[C@H](O[C@H]2[C@@H](O)[C@@H](CO)O[C@@H](O[C@H]3[C@H](O)[C@@H](O)[C@H](O)O[C@@H]3CO)[C@@H]2O)O[C@H](CO[C@]2(C(=O)O)C[C@H](O)[C@@H](NC(C)=O)[C@H]([C@H](O)[C@H](O)CO)O2)[C@@H](O)[C@@H]1O[C@@H]1O[C@H](CO)[C@H](O)[C@H](O)[C@H]1O[C@@H]1O[C@@H](C)[C@@H](O)[C@@H](O)[C@@H]1O. The molecule has 6 heterocycles. The Balaban J connectivity index is 1.41. The van der Waals surface area contributed by atoms with Crippen LogP contribution in [0, 0.1) is 0 Å². The number of aliphatic hydroxyl groups is 18. The molecule has 35 heteroatoms. The highest BCUT2D eigenvalue weighted by molar-refractivity contribution is 5.76. The minimum atomic E-state index is -3.13. The maximum absolute atomic E-state index is 13.2. The van der Waals surface area contributed by atoms with E-state index in [4.69, 9.17) is 52.1 Å². The van der Waals surface area contributed by atoms with Gasteiger partial charge in [-0.2, -0.15) is 0 Å². The molecule has 6 rings (SSSR count). The van der Waals surface area contributed by atoms with Crippen molar-refractivity contribution >= 4 is 17.8 Å². The summed E-state index contributed by atoms with van der Waals surface area (Å²) in [4.78, 5) is 38.4. The van der Waals surface area contributed by atoms with Gasteiger partial charge in [0.1, 0.15) is 134 Å². The van der Waals surface area contributed by atoms with E-state index in [9.17, 15) is 111 Å². The van der Waals surface area contributed by atoms with Crippen LogP contribution in [-0.2, 0) is 66.5 Å². The Morgan fingerprint density at radius 3 is 1.64 bits per heavy atom. The Morgan fingerprint density at radius 2 is 1.05 bits per heavy atom. The maximum atomic E-state index is 13.2. The highest BCUT2D eigenvalue weighted by Crippen LogP contribution is 2.39. The number of aliphatic carboxylic acids is 1. The summed E-state index contributed by atoms with van der Waals surface area (Å²) < 4.78 is 63.3. The summed E-state index contributed by atoms with van der Waals surface area (Å²) in [6.45, 7) is -2.36. The molecule has 0 radical (unpaired) electrons. The van der Waals surface area contributed by atoms with Crippen molar-refractivity contribution in [3.05, 3.63) is 0 Å². The van der Waals surface area contributed by atoms with Gasteiger partial charge in [-0.15, -0.1) is 0 Å². The van der Waals surface area contributed by atoms with E-state index in [1.807, 2.05) is 0 Å². The van der Waals surface area contributed by atoms with Gasteiger partial charge >= 0.3 is 5.97 Å². The van der Waals surface area contributed by atoms with Gasteiger partial charge in [-0.05, 0) is 6.92 Å². The number of carboxylic acids is 1. The fourth-order valence-corrected chi connectivity index (χ4v) is 9.83. The molecule has 78 heavy (non-hydrogen) atoms. The minimum Gasteiger partial charge on any atom is -0.477 e. The second-order valence-electron chi connectivity index (χ2n) is 19.7. The summed E-state index contributed by atoms with van der Waals surface area (Å²) in [5, 5.41) is 209. The van der Waals surface area contributed by atoms with Crippen molar-refractivity contribution in [2.24, 2.45) is 0 Å².